The van der Waals surface area contributed by atoms with Crippen LogP contribution in [-0.4, -0.2) is 19.1 Å². The number of unbranched alkanes of at least 4 members (excludes halogenated alkanes) is 24. The van der Waals surface area contributed by atoms with Crippen LogP contribution in [0, 0.1) is 0 Å². The van der Waals surface area contributed by atoms with E-state index in [0.29, 0.717) is 19.6 Å². The molecule has 0 aliphatic heterocycles. The molecule has 0 rings (SSSR count). The molecular formula is C39H77NO2. The first-order chi connectivity index (χ1) is 20.7. The average Bonchev–Trinajstić information content (AvgIpc) is 3.00. The van der Waals surface area contributed by atoms with Gasteiger partial charge in [0, 0.05) is 6.42 Å². The Kier molecular flexibility index (Phi) is 34.3. The highest BCUT2D eigenvalue weighted by Crippen LogP contribution is 2.16. The van der Waals surface area contributed by atoms with E-state index in [1.54, 1.807) is 0 Å². The van der Waals surface area contributed by atoms with Crippen molar-refractivity contribution in [3.8, 4) is 0 Å². The van der Waals surface area contributed by atoms with Crippen molar-refractivity contribution < 1.29 is 9.47 Å². The number of ether oxygens (including phenoxy) is 2. The van der Waals surface area contributed by atoms with Gasteiger partial charge >= 0.3 is 0 Å². The van der Waals surface area contributed by atoms with Crippen LogP contribution in [0.15, 0.2) is 24.3 Å². The molecule has 0 bridgehead atoms. The van der Waals surface area contributed by atoms with Crippen LogP contribution in [0.2, 0.25) is 0 Å². The highest BCUT2D eigenvalue weighted by Gasteiger charge is 2.23. The maximum atomic E-state index is 6.37. The number of allylic oxidation sites excluding steroid dienone is 4. The van der Waals surface area contributed by atoms with Gasteiger partial charge in [-0.15, -0.1) is 0 Å². The monoisotopic (exact) mass is 592 g/mol. The fourth-order valence-corrected chi connectivity index (χ4v) is 5.43. The van der Waals surface area contributed by atoms with Crippen molar-refractivity contribution in [1.29, 1.82) is 0 Å². The summed E-state index contributed by atoms with van der Waals surface area (Å²) in [5.74, 6) is -0.899. The van der Waals surface area contributed by atoms with E-state index in [9.17, 15) is 0 Å². The van der Waals surface area contributed by atoms with Gasteiger partial charge in [0.1, 0.15) is 0 Å². The number of nitrogens with two attached hydrogens (primary N) is 1. The number of rotatable bonds is 35. The van der Waals surface area contributed by atoms with Gasteiger partial charge in [0.15, 0.2) is 0 Å². The molecule has 3 heteroatoms. The molecule has 0 amide bonds. The van der Waals surface area contributed by atoms with Crippen LogP contribution in [0.4, 0.5) is 0 Å². The molecule has 0 aromatic heterocycles. The molecule has 2 N–H and O–H groups in total. The minimum atomic E-state index is -0.899. The van der Waals surface area contributed by atoms with Crippen LogP contribution in [0.3, 0.4) is 0 Å². The van der Waals surface area contributed by atoms with Crippen LogP contribution >= 0.6 is 0 Å². The van der Waals surface area contributed by atoms with Gasteiger partial charge < -0.3 is 9.47 Å². The van der Waals surface area contributed by atoms with Gasteiger partial charge in [0.05, 0.1) is 13.2 Å². The predicted molar refractivity (Wildman–Crippen MR) is 188 cm³/mol. The maximum Gasteiger partial charge on any atom is 0.224 e. The Labute approximate surface area is 265 Å². The van der Waals surface area contributed by atoms with Gasteiger partial charge in [0.25, 0.3) is 0 Å². The molecule has 3 nitrogen and oxygen atoms in total. The zero-order chi connectivity index (χ0) is 30.7. The summed E-state index contributed by atoms with van der Waals surface area (Å²) in [5, 5.41) is 0. The third kappa shape index (κ3) is 32.3. The summed E-state index contributed by atoms with van der Waals surface area (Å²) >= 11 is 0. The Bertz CT molecular complexity index is 515. The van der Waals surface area contributed by atoms with Crippen LogP contribution in [0.5, 0.6) is 0 Å². The Hall–Kier alpha value is -0.640. The second-order valence-corrected chi connectivity index (χ2v) is 12.7. The zero-order valence-electron chi connectivity index (χ0n) is 29.1. The number of hydrogen-bond donors (Lipinski definition) is 1. The fourth-order valence-electron chi connectivity index (χ4n) is 5.43. The first kappa shape index (κ1) is 41.4. The van der Waals surface area contributed by atoms with Crippen molar-refractivity contribution >= 4 is 0 Å². The summed E-state index contributed by atoms with van der Waals surface area (Å²) in [6.45, 7) is 8.04. The summed E-state index contributed by atoms with van der Waals surface area (Å²) in [6.07, 6.45) is 47.3. The van der Waals surface area contributed by atoms with E-state index < -0.39 is 5.91 Å². The van der Waals surface area contributed by atoms with Crippen molar-refractivity contribution in [2.24, 2.45) is 5.73 Å². The van der Waals surface area contributed by atoms with Gasteiger partial charge in [-0.25, -0.2) is 0 Å². The van der Waals surface area contributed by atoms with Crippen molar-refractivity contribution in [1.82, 2.24) is 0 Å². The Balaban J connectivity index is 3.46. The molecule has 0 atom stereocenters. The largest absolute Gasteiger partial charge is 0.338 e. The lowest BCUT2D eigenvalue weighted by Crippen LogP contribution is -2.45. The lowest BCUT2D eigenvalue weighted by molar-refractivity contribution is -0.236. The van der Waals surface area contributed by atoms with E-state index in [1.165, 1.54) is 167 Å². The van der Waals surface area contributed by atoms with E-state index in [2.05, 4.69) is 45.1 Å². The molecule has 0 spiro atoms. The van der Waals surface area contributed by atoms with Crippen molar-refractivity contribution in [3.05, 3.63) is 24.3 Å². The highest BCUT2D eigenvalue weighted by atomic mass is 16.7. The SMILES string of the molecule is CCCCCCCC/C=C\CCCCCCCCOC(N)(CC)OCCCCCCCC/C=C\CCCCCCCC. The molecule has 0 heterocycles. The number of hydrogen-bond acceptors (Lipinski definition) is 3. The van der Waals surface area contributed by atoms with Crippen molar-refractivity contribution in [2.45, 2.75) is 213 Å². The first-order valence-electron chi connectivity index (χ1n) is 19.0. The van der Waals surface area contributed by atoms with Gasteiger partial charge in [-0.2, -0.15) is 0 Å². The Morgan fingerprint density at radius 2 is 0.643 bits per heavy atom. The minimum Gasteiger partial charge on any atom is -0.338 e. The lowest BCUT2D eigenvalue weighted by atomic mass is 10.1. The van der Waals surface area contributed by atoms with Gasteiger partial charge in [-0.1, -0.05) is 161 Å². The van der Waals surface area contributed by atoms with Crippen LogP contribution in [-0.2, 0) is 9.47 Å². The lowest BCUT2D eigenvalue weighted by Gasteiger charge is -2.28. The molecule has 0 aliphatic carbocycles. The van der Waals surface area contributed by atoms with Crippen LogP contribution in [0.25, 0.3) is 0 Å². The highest BCUT2D eigenvalue weighted by molar-refractivity contribution is 4.82. The summed E-state index contributed by atoms with van der Waals surface area (Å²) < 4.78 is 11.9. The van der Waals surface area contributed by atoms with E-state index in [0.717, 1.165) is 12.8 Å². The van der Waals surface area contributed by atoms with Crippen molar-refractivity contribution in [2.75, 3.05) is 13.2 Å². The molecule has 250 valence electrons. The first-order valence-corrected chi connectivity index (χ1v) is 19.0. The van der Waals surface area contributed by atoms with E-state index in [-0.39, 0.29) is 0 Å². The molecule has 42 heavy (non-hydrogen) atoms. The standard InChI is InChI=1S/C39H77NO2/c1-4-7-9-11-13-15-17-19-21-23-25-27-29-31-33-35-37-41-39(40,6-3)42-38-36-34-32-30-28-26-24-22-20-18-16-14-12-10-8-5-2/h19-22H,4-18,23-38,40H2,1-3H3/b21-19-,22-20-. The third-order valence-electron chi connectivity index (χ3n) is 8.50. The van der Waals surface area contributed by atoms with Gasteiger partial charge in [0.2, 0.25) is 5.91 Å². The van der Waals surface area contributed by atoms with Crippen LogP contribution in [0.1, 0.15) is 207 Å². The molecule has 0 saturated heterocycles. The smallest absolute Gasteiger partial charge is 0.224 e. The quantitative estimate of drug-likeness (QED) is 0.0453. The molecule has 0 fully saturated rings. The zero-order valence-corrected chi connectivity index (χ0v) is 29.1. The average molecular weight is 592 g/mol. The summed E-state index contributed by atoms with van der Waals surface area (Å²) in [6, 6.07) is 0. The van der Waals surface area contributed by atoms with Crippen LogP contribution < -0.4 is 5.73 Å². The summed E-state index contributed by atoms with van der Waals surface area (Å²) in [5.41, 5.74) is 6.37. The van der Waals surface area contributed by atoms with Crippen molar-refractivity contribution in [3.63, 3.8) is 0 Å². The second kappa shape index (κ2) is 34.8. The summed E-state index contributed by atoms with van der Waals surface area (Å²) in [4.78, 5) is 0. The predicted octanol–water partition coefficient (Wildman–Crippen LogP) is 13.1. The molecule has 0 unspecified atom stereocenters. The molecule has 0 aromatic rings. The van der Waals surface area contributed by atoms with Gasteiger partial charge in [-0.3, -0.25) is 5.73 Å². The van der Waals surface area contributed by atoms with E-state index in [4.69, 9.17) is 15.2 Å². The Morgan fingerprint density at radius 3 is 0.929 bits per heavy atom. The Morgan fingerprint density at radius 1 is 0.381 bits per heavy atom. The second-order valence-electron chi connectivity index (χ2n) is 12.7. The van der Waals surface area contributed by atoms with E-state index in [1.807, 2.05) is 0 Å². The van der Waals surface area contributed by atoms with Gasteiger partial charge in [-0.05, 0) is 64.2 Å². The van der Waals surface area contributed by atoms with E-state index >= 15 is 0 Å². The molecule has 0 radical (unpaired) electrons. The molecular weight excluding hydrogens is 514 g/mol. The topological polar surface area (TPSA) is 44.5 Å². The third-order valence-corrected chi connectivity index (χ3v) is 8.50. The minimum absolute atomic E-state index is 0.700. The normalized spacial score (nSPS) is 12.4. The summed E-state index contributed by atoms with van der Waals surface area (Å²) in [7, 11) is 0. The fraction of sp³-hybridized carbons (Fsp3) is 0.897. The molecule has 0 aromatic carbocycles. The molecule has 0 saturated carbocycles. The maximum absolute atomic E-state index is 6.37. The molecule has 0 aliphatic rings.